The van der Waals surface area contributed by atoms with E-state index in [1.165, 1.54) is 16.6 Å². The minimum absolute atomic E-state index is 0.125. The van der Waals surface area contributed by atoms with E-state index >= 15 is 0 Å². The van der Waals surface area contributed by atoms with Crippen molar-refractivity contribution in [3.63, 3.8) is 0 Å². The summed E-state index contributed by atoms with van der Waals surface area (Å²) in [6, 6.07) is 3.32. The van der Waals surface area contributed by atoms with Crippen molar-refractivity contribution in [2.45, 2.75) is 24.8 Å². The number of pyridine rings is 1. The number of nitrogens with one attached hydrogen (secondary N) is 1. The lowest BCUT2D eigenvalue weighted by molar-refractivity contribution is 0.135. The van der Waals surface area contributed by atoms with Crippen LogP contribution in [0.15, 0.2) is 23.2 Å². The minimum Gasteiger partial charge on any atom is -0.307 e. The molecule has 0 aromatic carbocycles. The highest BCUT2D eigenvalue weighted by molar-refractivity contribution is 7.89. The maximum Gasteiger partial charge on any atom is 0.246 e. The van der Waals surface area contributed by atoms with Crippen LogP contribution in [-0.4, -0.2) is 54.8 Å². The zero-order valence-electron chi connectivity index (χ0n) is 11.8. The summed E-state index contributed by atoms with van der Waals surface area (Å²) in [5.41, 5.74) is 2.34. The molecule has 3 N–H and O–H groups in total. The third-order valence-corrected chi connectivity index (χ3v) is 5.56. The van der Waals surface area contributed by atoms with Gasteiger partial charge in [-0.2, -0.15) is 4.31 Å². The number of aromatic nitrogens is 1. The van der Waals surface area contributed by atoms with E-state index in [1.54, 1.807) is 6.07 Å². The second-order valence-electron chi connectivity index (χ2n) is 4.84. The monoisotopic (exact) mass is 299 g/mol. The fourth-order valence-electron chi connectivity index (χ4n) is 2.50. The Kier molecular flexibility index (Phi) is 4.59. The quantitative estimate of drug-likeness (QED) is 0.604. The van der Waals surface area contributed by atoms with E-state index < -0.39 is 10.0 Å². The van der Waals surface area contributed by atoms with Crippen molar-refractivity contribution >= 4 is 15.8 Å². The van der Waals surface area contributed by atoms with E-state index in [-0.39, 0.29) is 16.8 Å². The summed E-state index contributed by atoms with van der Waals surface area (Å²) in [5.74, 6) is 5.52. The summed E-state index contributed by atoms with van der Waals surface area (Å²) in [6.07, 6.45) is 1.51. The second-order valence-corrected chi connectivity index (χ2v) is 6.74. The molecule has 1 aliphatic heterocycles. The van der Waals surface area contributed by atoms with Crippen molar-refractivity contribution in [3.8, 4) is 0 Å². The first-order valence-corrected chi connectivity index (χ1v) is 8.10. The zero-order valence-corrected chi connectivity index (χ0v) is 12.6. The van der Waals surface area contributed by atoms with E-state index in [0.29, 0.717) is 13.1 Å². The molecular weight excluding hydrogens is 278 g/mol. The van der Waals surface area contributed by atoms with Crippen molar-refractivity contribution in [2.24, 2.45) is 5.84 Å². The largest absolute Gasteiger partial charge is 0.307 e. The van der Waals surface area contributed by atoms with Gasteiger partial charge in [-0.3, -0.25) is 4.90 Å². The standard InChI is InChI=1S/C12H21N5O2S/c1-3-16-7-8-17(9-10(16)2)20(18,19)11-5-4-6-14-12(11)15-13/h4-6,10H,3,7-9,13H2,1-2H3,(H,14,15). The Balaban J connectivity index is 2.27. The van der Waals surface area contributed by atoms with Crippen LogP contribution < -0.4 is 11.3 Å². The highest BCUT2D eigenvalue weighted by Gasteiger charge is 2.33. The van der Waals surface area contributed by atoms with Gasteiger partial charge in [-0.25, -0.2) is 19.2 Å². The summed E-state index contributed by atoms with van der Waals surface area (Å²) in [6.45, 7) is 6.75. The van der Waals surface area contributed by atoms with Crippen LogP contribution in [0, 0.1) is 0 Å². The molecule has 2 rings (SSSR count). The van der Waals surface area contributed by atoms with Crippen LogP contribution in [0.3, 0.4) is 0 Å². The molecule has 7 nitrogen and oxygen atoms in total. The van der Waals surface area contributed by atoms with Gasteiger partial charge in [0.2, 0.25) is 10.0 Å². The summed E-state index contributed by atoms with van der Waals surface area (Å²) >= 11 is 0. The number of hydrogen-bond acceptors (Lipinski definition) is 6. The van der Waals surface area contributed by atoms with Crippen LogP contribution in [0.2, 0.25) is 0 Å². The summed E-state index contributed by atoms with van der Waals surface area (Å²) in [7, 11) is -3.57. The number of hydrazine groups is 1. The van der Waals surface area contributed by atoms with Crippen molar-refractivity contribution in [2.75, 3.05) is 31.6 Å². The number of rotatable bonds is 4. The molecule has 1 aromatic heterocycles. The molecule has 112 valence electrons. The molecule has 0 radical (unpaired) electrons. The van der Waals surface area contributed by atoms with Crippen molar-refractivity contribution < 1.29 is 8.42 Å². The first kappa shape index (κ1) is 15.2. The van der Waals surface area contributed by atoms with Crippen molar-refractivity contribution in [3.05, 3.63) is 18.3 Å². The topological polar surface area (TPSA) is 91.6 Å². The van der Waals surface area contributed by atoms with E-state index in [9.17, 15) is 8.42 Å². The van der Waals surface area contributed by atoms with E-state index in [4.69, 9.17) is 5.84 Å². The van der Waals surface area contributed by atoms with E-state index in [1.807, 2.05) is 6.92 Å². The second kappa shape index (κ2) is 6.04. The summed E-state index contributed by atoms with van der Waals surface area (Å²) < 4.78 is 26.9. The third kappa shape index (κ3) is 2.78. The van der Waals surface area contributed by atoms with Gasteiger partial charge in [-0.1, -0.05) is 6.92 Å². The van der Waals surface area contributed by atoms with Gasteiger partial charge in [0.15, 0.2) is 5.82 Å². The van der Waals surface area contributed by atoms with Gasteiger partial charge >= 0.3 is 0 Å². The first-order valence-electron chi connectivity index (χ1n) is 6.66. The predicted octanol–water partition coefficient (Wildman–Crippen LogP) is 0.0819. The zero-order chi connectivity index (χ0) is 14.8. The van der Waals surface area contributed by atoms with Crippen LogP contribution in [0.5, 0.6) is 0 Å². The maximum absolute atomic E-state index is 12.7. The van der Waals surface area contributed by atoms with Gasteiger partial charge < -0.3 is 5.43 Å². The summed E-state index contributed by atoms with van der Waals surface area (Å²) in [4.78, 5) is 6.34. The molecule has 0 spiro atoms. The van der Waals surface area contributed by atoms with Crippen LogP contribution >= 0.6 is 0 Å². The highest BCUT2D eigenvalue weighted by atomic mass is 32.2. The fourth-order valence-corrected chi connectivity index (χ4v) is 4.11. The SMILES string of the molecule is CCN1CCN(S(=O)(=O)c2cccnc2NN)CC1C. The Labute approximate surface area is 119 Å². The lowest BCUT2D eigenvalue weighted by atomic mass is 10.2. The fraction of sp³-hybridized carbons (Fsp3) is 0.583. The van der Waals surface area contributed by atoms with Crippen LogP contribution in [0.1, 0.15) is 13.8 Å². The minimum atomic E-state index is -3.57. The Bertz CT molecular complexity index is 563. The predicted molar refractivity (Wildman–Crippen MR) is 77.5 cm³/mol. The number of piperazine rings is 1. The van der Waals surface area contributed by atoms with Gasteiger partial charge in [0.1, 0.15) is 4.90 Å². The molecular formula is C12H21N5O2S. The number of anilines is 1. The highest BCUT2D eigenvalue weighted by Crippen LogP contribution is 2.24. The number of nitrogens with two attached hydrogens (primary N) is 1. The number of sulfonamides is 1. The molecule has 0 bridgehead atoms. The number of hydrogen-bond donors (Lipinski definition) is 2. The smallest absolute Gasteiger partial charge is 0.246 e. The molecule has 2 heterocycles. The Morgan fingerprint density at radius 2 is 2.25 bits per heavy atom. The molecule has 1 aromatic rings. The average Bonchev–Trinajstić information content (AvgIpc) is 2.47. The molecule has 1 atom stereocenters. The summed E-state index contributed by atoms with van der Waals surface area (Å²) in [5, 5.41) is 0. The van der Waals surface area contributed by atoms with Crippen molar-refractivity contribution in [1.29, 1.82) is 0 Å². The van der Waals surface area contributed by atoms with Crippen LogP contribution in [0.25, 0.3) is 0 Å². The number of likely N-dealkylation sites (N-methyl/N-ethyl adjacent to an activating group) is 1. The molecule has 0 saturated carbocycles. The molecule has 20 heavy (non-hydrogen) atoms. The Morgan fingerprint density at radius 3 is 2.85 bits per heavy atom. The van der Waals surface area contributed by atoms with E-state index in [2.05, 4.69) is 22.2 Å². The molecule has 0 aliphatic carbocycles. The van der Waals surface area contributed by atoms with Gasteiger partial charge in [-0.05, 0) is 25.6 Å². The molecule has 0 amide bonds. The van der Waals surface area contributed by atoms with Gasteiger partial charge in [0.05, 0.1) is 0 Å². The van der Waals surface area contributed by atoms with Gasteiger partial charge in [-0.15, -0.1) is 0 Å². The molecule has 1 saturated heterocycles. The maximum atomic E-state index is 12.7. The number of nitrogens with zero attached hydrogens (tertiary/aromatic N) is 3. The van der Waals surface area contributed by atoms with Gasteiger partial charge in [0.25, 0.3) is 0 Å². The van der Waals surface area contributed by atoms with Crippen LogP contribution in [0.4, 0.5) is 5.82 Å². The molecule has 1 fully saturated rings. The third-order valence-electron chi connectivity index (χ3n) is 3.66. The molecule has 1 aliphatic rings. The molecule has 8 heteroatoms. The molecule has 1 unspecified atom stereocenters. The Morgan fingerprint density at radius 1 is 1.50 bits per heavy atom. The van der Waals surface area contributed by atoms with E-state index in [0.717, 1.165) is 13.1 Å². The first-order chi connectivity index (χ1) is 9.50. The lowest BCUT2D eigenvalue weighted by Gasteiger charge is -2.38. The Hall–Kier alpha value is -1.22. The van der Waals surface area contributed by atoms with Gasteiger partial charge in [0, 0.05) is 31.9 Å². The lowest BCUT2D eigenvalue weighted by Crippen LogP contribution is -2.53. The van der Waals surface area contributed by atoms with Crippen LogP contribution in [-0.2, 0) is 10.0 Å². The average molecular weight is 299 g/mol. The normalized spacial score (nSPS) is 21.9. The van der Waals surface area contributed by atoms with Crippen molar-refractivity contribution in [1.82, 2.24) is 14.2 Å². The number of nitrogen functional groups attached to an aromatic ring is 1.